The summed E-state index contributed by atoms with van der Waals surface area (Å²) in [7, 11) is 0. The van der Waals surface area contributed by atoms with Crippen molar-refractivity contribution in [2.45, 2.75) is 12.6 Å². The molecule has 2 aliphatic rings. The van der Waals surface area contributed by atoms with E-state index < -0.39 is 0 Å². The Bertz CT molecular complexity index is 592. The lowest BCUT2D eigenvalue weighted by Crippen LogP contribution is -2.54. The van der Waals surface area contributed by atoms with E-state index in [1.54, 1.807) is 11.3 Å². The minimum absolute atomic E-state index is 0.230. The maximum Gasteiger partial charge on any atom is 0.164 e. The molecule has 0 spiro atoms. The van der Waals surface area contributed by atoms with Crippen molar-refractivity contribution in [1.29, 1.82) is 0 Å². The fraction of sp³-hybridized carbons (Fsp3) is 0.308. The highest BCUT2D eigenvalue weighted by molar-refractivity contribution is 7.10. The van der Waals surface area contributed by atoms with Crippen LogP contribution < -0.4 is 11.1 Å². The zero-order chi connectivity index (χ0) is 13.4. The van der Waals surface area contributed by atoms with E-state index in [-0.39, 0.29) is 6.04 Å². The maximum absolute atomic E-state index is 4.42. The maximum atomic E-state index is 4.42. The number of hydrogen-bond acceptors (Lipinski definition) is 7. The first kappa shape index (κ1) is 12.3. The van der Waals surface area contributed by atoms with Gasteiger partial charge in [0.15, 0.2) is 5.84 Å². The van der Waals surface area contributed by atoms with E-state index in [0.717, 1.165) is 25.5 Å². The molecule has 1 unspecified atom stereocenters. The van der Waals surface area contributed by atoms with E-state index in [4.69, 9.17) is 0 Å². The fourth-order valence-corrected chi connectivity index (χ4v) is 4.27. The lowest BCUT2D eigenvalue weighted by atomic mass is 10.1. The van der Waals surface area contributed by atoms with Gasteiger partial charge in [-0.05, 0) is 22.9 Å². The molecule has 0 aromatic carbocycles. The van der Waals surface area contributed by atoms with Crippen molar-refractivity contribution in [1.82, 2.24) is 21.0 Å². The van der Waals surface area contributed by atoms with Gasteiger partial charge in [0.1, 0.15) is 6.04 Å². The third-order valence-corrected chi connectivity index (χ3v) is 5.39. The Morgan fingerprint density at radius 1 is 1.20 bits per heavy atom. The Balaban J connectivity index is 1.66. The molecule has 4 rings (SSSR count). The van der Waals surface area contributed by atoms with Gasteiger partial charge in [0.2, 0.25) is 0 Å². The Kier molecular flexibility index (Phi) is 3.19. The minimum atomic E-state index is 0.230. The van der Waals surface area contributed by atoms with Crippen LogP contribution in [-0.4, -0.2) is 28.8 Å². The van der Waals surface area contributed by atoms with Crippen molar-refractivity contribution >= 4 is 28.5 Å². The van der Waals surface area contributed by atoms with Gasteiger partial charge in [-0.1, -0.05) is 12.1 Å². The molecule has 4 heterocycles. The summed E-state index contributed by atoms with van der Waals surface area (Å²) >= 11 is 3.61. The van der Waals surface area contributed by atoms with Crippen LogP contribution in [0.2, 0.25) is 0 Å². The molecular weight excluding hydrogens is 290 g/mol. The van der Waals surface area contributed by atoms with Crippen LogP contribution in [-0.2, 0) is 6.54 Å². The highest BCUT2D eigenvalue weighted by Gasteiger charge is 2.37. The average molecular weight is 305 g/mol. The molecule has 1 atom stereocenters. The predicted octanol–water partition coefficient (Wildman–Crippen LogP) is 2.00. The first-order chi connectivity index (χ1) is 9.92. The number of thiophene rings is 2. The first-order valence-electron chi connectivity index (χ1n) is 6.57. The standard InChI is InChI=1S/C13H15N5S2/c1-3-10(19-7-1)9-17-5-6-18-13(14-15-16-18)12(17)11-4-2-8-20-11/h1-4,7-8,12,15-16H,5-6,9H2. The summed E-state index contributed by atoms with van der Waals surface area (Å²) in [5.74, 6) is 1.07. The summed E-state index contributed by atoms with van der Waals surface area (Å²) in [4.78, 5) is 5.25. The fourth-order valence-electron chi connectivity index (χ4n) is 2.69. The molecule has 1 fully saturated rings. The Morgan fingerprint density at radius 3 is 2.90 bits per heavy atom. The summed E-state index contributed by atoms with van der Waals surface area (Å²) in [5.41, 5.74) is 5.97. The number of piperazine rings is 1. The number of nitrogens with one attached hydrogen (secondary N) is 2. The van der Waals surface area contributed by atoms with Crippen LogP contribution in [0.3, 0.4) is 0 Å². The number of hydrogen-bond donors (Lipinski definition) is 2. The molecule has 0 bridgehead atoms. The molecule has 2 aliphatic heterocycles. The monoisotopic (exact) mass is 305 g/mol. The minimum Gasteiger partial charge on any atom is -0.282 e. The van der Waals surface area contributed by atoms with Gasteiger partial charge in [-0.2, -0.15) is 0 Å². The summed E-state index contributed by atoms with van der Waals surface area (Å²) < 4.78 is 0. The van der Waals surface area contributed by atoms with Crippen molar-refractivity contribution in [3.8, 4) is 0 Å². The summed E-state index contributed by atoms with van der Waals surface area (Å²) in [6.45, 7) is 2.94. The van der Waals surface area contributed by atoms with Crippen molar-refractivity contribution in [2.24, 2.45) is 5.10 Å². The van der Waals surface area contributed by atoms with Crippen LogP contribution in [0.25, 0.3) is 0 Å². The molecule has 7 heteroatoms. The van der Waals surface area contributed by atoms with Crippen LogP contribution in [0.1, 0.15) is 15.8 Å². The van der Waals surface area contributed by atoms with Crippen molar-refractivity contribution in [2.75, 3.05) is 13.1 Å². The van der Waals surface area contributed by atoms with Gasteiger partial charge in [0.05, 0.1) is 6.54 Å². The number of amidine groups is 1. The van der Waals surface area contributed by atoms with E-state index in [0.29, 0.717) is 0 Å². The van der Waals surface area contributed by atoms with Gasteiger partial charge in [-0.3, -0.25) is 9.91 Å². The Hall–Kier alpha value is -1.41. The molecule has 0 aliphatic carbocycles. The van der Waals surface area contributed by atoms with Crippen molar-refractivity contribution in [3.63, 3.8) is 0 Å². The van der Waals surface area contributed by atoms with E-state index in [2.05, 4.69) is 61.1 Å². The van der Waals surface area contributed by atoms with Crippen LogP contribution in [0.5, 0.6) is 0 Å². The van der Waals surface area contributed by atoms with Gasteiger partial charge in [0, 0.05) is 22.8 Å². The molecule has 20 heavy (non-hydrogen) atoms. The number of nitrogens with zero attached hydrogens (tertiary/aromatic N) is 3. The van der Waals surface area contributed by atoms with Crippen molar-refractivity contribution in [3.05, 3.63) is 44.8 Å². The normalized spacial score (nSPS) is 22.5. The second-order valence-corrected chi connectivity index (χ2v) is 6.82. The number of hydrazine groups is 2. The lowest BCUT2D eigenvalue weighted by Gasteiger charge is -2.39. The Morgan fingerprint density at radius 2 is 2.10 bits per heavy atom. The molecular formula is C13H15N5S2. The van der Waals surface area contributed by atoms with Gasteiger partial charge in [-0.25, -0.2) is 5.53 Å². The molecule has 2 aromatic rings. The third kappa shape index (κ3) is 2.12. The summed E-state index contributed by atoms with van der Waals surface area (Å²) in [6, 6.07) is 8.86. The predicted molar refractivity (Wildman–Crippen MR) is 82.2 cm³/mol. The van der Waals surface area contributed by atoms with Crippen LogP contribution in [0.15, 0.2) is 40.1 Å². The quantitative estimate of drug-likeness (QED) is 0.910. The van der Waals surface area contributed by atoms with E-state index in [1.165, 1.54) is 9.75 Å². The number of rotatable bonds is 3. The molecule has 2 N–H and O–H groups in total. The smallest absolute Gasteiger partial charge is 0.164 e. The van der Waals surface area contributed by atoms with Gasteiger partial charge >= 0.3 is 0 Å². The highest BCUT2D eigenvalue weighted by Crippen LogP contribution is 2.32. The summed E-state index contributed by atoms with van der Waals surface area (Å²) in [6.07, 6.45) is 0. The van der Waals surface area contributed by atoms with Crippen molar-refractivity contribution < 1.29 is 0 Å². The third-order valence-electron chi connectivity index (χ3n) is 3.60. The highest BCUT2D eigenvalue weighted by atomic mass is 32.1. The van der Waals surface area contributed by atoms with Crippen LogP contribution in [0, 0.1) is 0 Å². The van der Waals surface area contributed by atoms with Crippen LogP contribution >= 0.6 is 22.7 Å². The second kappa shape index (κ2) is 5.17. The number of fused-ring (bicyclic) bond motifs is 1. The number of hydrazone groups is 1. The molecule has 0 radical (unpaired) electrons. The molecule has 1 saturated heterocycles. The van der Waals surface area contributed by atoms with E-state index >= 15 is 0 Å². The summed E-state index contributed by atoms with van der Waals surface area (Å²) in [5, 5.41) is 10.8. The molecule has 104 valence electrons. The molecule has 5 nitrogen and oxygen atoms in total. The zero-order valence-corrected chi connectivity index (χ0v) is 12.5. The topological polar surface area (TPSA) is 42.9 Å². The SMILES string of the molecule is c1csc(CN2CCN3NNN=C3C2c2cccs2)c1. The van der Waals surface area contributed by atoms with E-state index in [9.17, 15) is 0 Å². The molecule has 0 saturated carbocycles. The molecule has 2 aromatic heterocycles. The Labute approximate surface area is 125 Å². The van der Waals surface area contributed by atoms with Gasteiger partial charge < -0.3 is 0 Å². The van der Waals surface area contributed by atoms with E-state index in [1.807, 2.05) is 11.3 Å². The zero-order valence-electron chi connectivity index (χ0n) is 10.8. The first-order valence-corrected chi connectivity index (χ1v) is 8.33. The largest absolute Gasteiger partial charge is 0.282 e. The van der Waals surface area contributed by atoms with Gasteiger partial charge in [0.25, 0.3) is 0 Å². The average Bonchev–Trinajstić information content (AvgIpc) is 3.21. The lowest BCUT2D eigenvalue weighted by molar-refractivity contribution is 0.148. The second-order valence-electron chi connectivity index (χ2n) is 4.81. The van der Waals surface area contributed by atoms with Crippen LogP contribution in [0.4, 0.5) is 0 Å². The van der Waals surface area contributed by atoms with Gasteiger partial charge in [-0.15, -0.1) is 33.3 Å². The molecule has 0 amide bonds.